The number of halogens is 2. The van der Waals surface area contributed by atoms with Gasteiger partial charge in [-0.05, 0) is 44.8 Å². The molecule has 0 spiro atoms. The Balaban J connectivity index is -0.00000225. The van der Waals surface area contributed by atoms with Crippen molar-refractivity contribution in [3.63, 3.8) is 0 Å². The first-order chi connectivity index (χ1) is 12.6. The van der Waals surface area contributed by atoms with Crippen molar-refractivity contribution >= 4 is 0 Å². The summed E-state index contributed by atoms with van der Waals surface area (Å²) >= 11 is 0. The van der Waals surface area contributed by atoms with Crippen LogP contribution in [-0.2, 0) is 28.1 Å². The molecule has 1 nitrogen and oxygen atoms in total. The molecule has 1 aromatic rings. The van der Waals surface area contributed by atoms with Gasteiger partial charge >= 0.3 is 21.7 Å². The van der Waals surface area contributed by atoms with Crippen LogP contribution in [0.4, 0.5) is 0 Å². The maximum Gasteiger partial charge on any atom is 3.00 e. The first-order valence-corrected chi connectivity index (χ1v) is 11.6. The molecule has 0 aliphatic carbocycles. The van der Waals surface area contributed by atoms with Gasteiger partial charge in [-0.15, -0.1) is 0 Å². The van der Waals surface area contributed by atoms with Crippen LogP contribution in [-0.4, -0.2) is 24.5 Å². The van der Waals surface area contributed by atoms with E-state index in [0.717, 1.165) is 0 Å². The van der Waals surface area contributed by atoms with Gasteiger partial charge in [0.05, 0.1) is 0 Å². The minimum absolute atomic E-state index is 0. The molecule has 1 rings (SSSR count). The van der Waals surface area contributed by atoms with Crippen molar-refractivity contribution in [2.75, 3.05) is 19.6 Å². The second-order valence-corrected chi connectivity index (χ2v) is 8.45. The van der Waals surface area contributed by atoms with Gasteiger partial charge in [0.15, 0.2) is 0 Å². The topological polar surface area (TPSA) is 3.24 Å². The van der Waals surface area contributed by atoms with Crippen molar-refractivity contribution in [1.82, 2.24) is 4.90 Å². The predicted octanol–water partition coefficient (Wildman–Crippen LogP) is 1.66. The average Bonchev–Trinajstić information content (AvgIpc) is 3.06. The Labute approximate surface area is 210 Å². The molecule has 0 amide bonds. The molecule has 0 aromatic heterocycles. The Morgan fingerprint density at radius 1 is 0.793 bits per heavy atom. The van der Waals surface area contributed by atoms with E-state index in [1.807, 2.05) is 0 Å². The number of unbranched alkanes of at least 4 members (excludes halogenated alkanes) is 2. The van der Waals surface area contributed by atoms with Gasteiger partial charge in [0.1, 0.15) is 0 Å². The third-order valence-electron chi connectivity index (χ3n) is 5.93. The minimum Gasteiger partial charge on any atom is -1.00 e. The summed E-state index contributed by atoms with van der Waals surface area (Å²) in [4.78, 5) is 2.71. The summed E-state index contributed by atoms with van der Waals surface area (Å²) in [7, 11) is 0. The standard InChI is InChI=1S/C25H46N.2ClH.Ti/c1-7-11-16-26(17-12-8-2)18-15-23-19-24(21(5)13-9-3)20-25(23)22(6)14-10-4;;;/h19-22H,7-18H2,1-6H3;2*1H;/q-1;;;+3/p-2. The van der Waals surface area contributed by atoms with Crippen LogP contribution in [0.3, 0.4) is 0 Å². The van der Waals surface area contributed by atoms with Crippen LogP contribution in [0.2, 0.25) is 0 Å². The zero-order valence-electron chi connectivity index (χ0n) is 20.0. The van der Waals surface area contributed by atoms with Gasteiger partial charge in [0.2, 0.25) is 0 Å². The van der Waals surface area contributed by atoms with Crippen LogP contribution in [0, 0.1) is 0 Å². The van der Waals surface area contributed by atoms with Crippen LogP contribution in [0.15, 0.2) is 12.1 Å². The van der Waals surface area contributed by atoms with E-state index in [4.69, 9.17) is 0 Å². The maximum absolute atomic E-state index is 2.71. The molecule has 0 saturated carbocycles. The number of hydrogen-bond acceptors (Lipinski definition) is 1. The quantitative estimate of drug-likeness (QED) is 0.273. The molecule has 0 saturated heterocycles. The van der Waals surface area contributed by atoms with E-state index < -0.39 is 0 Å². The molecule has 0 fully saturated rings. The molecule has 29 heavy (non-hydrogen) atoms. The summed E-state index contributed by atoms with van der Waals surface area (Å²) in [6.07, 6.45) is 11.7. The van der Waals surface area contributed by atoms with Gasteiger partial charge < -0.3 is 29.7 Å². The van der Waals surface area contributed by atoms with Gasteiger partial charge in [-0.3, -0.25) is 0 Å². The molecule has 2 atom stereocenters. The number of nitrogens with zero attached hydrogens (tertiary/aromatic N) is 1. The largest absolute Gasteiger partial charge is 3.00 e. The molecule has 0 N–H and O–H groups in total. The zero-order valence-corrected chi connectivity index (χ0v) is 23.1. The van der Waals surface area contributed by atoms with Gasteiger partial charge in [-0.25, -0.2) is 6.07 Å². The molecule has 2 unspecified atom stereocenters. The first-order valence-electron chi connectivity index (χ1n) is 11.6. The van der Waals surface area contributed by atoms with Crippen molar-refractivity contribution in [3.8, 4) is 0 Å². The monoisotopic (exact) mass is 478 g/mol. The molecule has 4 heteroatoms. The van der Waals surface area contributed by atoms with Crippen LogP contribution >= 0.6 is 0 Å². The maximum atomic E-state index is 2.71. The normalized spacial score (nSPS) is 12.7. The zero-order chi connectivity index (χ0) is 19.4. The van der Waals surface area contributed by atoms with Crippen LogP contribution in [0.25, 0.3) is 0 Å². The average molecular weight is 479 g/mol. The Morgan fingerprint density at radius 2 is 1.31 bits per heavy atom. The molecule has 169 valence electrons. The number of rotatable bonds is 15. The fourth-order valence-electron chi connectivity index (χ4n) is 4.12. The number of hydrogen-bond donors (Lipinski definition) is 0. The molecule has 1 radical (unpaired) electrons. The molecular weight excluding hydrogens is 433 g/mol. The SMILES string of the molecule is CCCCN(CCCC)CC[c-]1cc(C(C)CCC)cc1C(C)CCC.[Cl-].[Cl-].[Ti+3]. The molecule has 1 aromatic carbocycles. The molecule has 0 heterocycles. The van der Waals surface area contributed by atoms with Crippen LogP contribution in [0.5, 0.6) is 0 Å². The van der Waals surface area contributed by atoms with E-state index in [1.54, 1.807) is 16.7 Å². The van der Waals surface area contributed by atoms with Crippen LogP contribution < -0.4 is 24.8 Å². The van der Waals surface area contributed by atoms with E-state index >= 15 is 0 Å². The summed E-state index contributed by atoms with van der Waals surface area (Å²) < 4.78 is 0. The summed E-state index contributed by atoms with van der Waals surface area (Å²) in [5.74, 6) is 1.41. The predicted molar refractivity (Wildman–Crippen MR) is 119 cm³/mol. The van der Waals surface area contributed by atoms with Gasteiger partial charge in [-0.1, -0.05) is 86.0 Å². The molecular formula is C25H46Cl2NTi. The minimum atomic E-state index is 0. The second-order valence-electron chi connectivity index (χ2n) is 8.45. The summed E-state index contributed by atoms with van der Waals surface area (Å²) in [6.45, 7) is 17.9. The van der Waals surface area contributed by atoms with E-state index in [2.05, 4.69) is 58.6 Å². The Kier molecular flexibility index (Phi) is 24.2. The van der Waals surface area contributed by atoms with Gasteiger partial charge in [-0.2, -0.15) is 22.8 Å². The fraction of sp³-hybridized carbons (Fsp3) is 0.800. The Morgan fingerprint density at radius 3 is 1.79 bits per heavy atom. The second kappa shape index (κ2) is 20.5. The molecule has 0 bridgehead atoms. The van der Waals surface area contributed by atoms with Crippen molar-refractivity contribution in [2.45, 2.75) is 111 Å². The van der Waals surface area contributed by atoms with E-state index in [1.165, 1.54) is 77.4 Å². The van der Waals surface area contributed by atoms with Gasteiger partial charge in [0.25, 0.3) is 0 Å². The van der Waals surface area contributed by atoms with Crippen molar-refractivity contribution in [1.29, 1.82) is 0 Å². The van der Waals surface area contributed by atoms with E-state index in [-0.39, 0.29) is 46.5 Å². The Hall–Kier alpha value is 0.604. The third-order valence-corrected chi connectivity index (χ3v) is 5.93. The molecule has 0 aliphatic heterocycles. The molecule has 0 aliphatic rings. The van der Waals surface area contributed by atoms with Crippen molar-refractivity contribution in [3.05, 3.63) is 28.8 Å². The van der Waals surface area contributed by atoms with E-state index in [0.29, 0.717) is 11.8 Å². The summed E-state index contributed by atoms with van der Waals surface area (Å²) in [6, 6.07) is 5.11. The summed E-state index contributed by atoms with van der Waals surface area (Å²) in [5.41, 5.74) is 4.88. The summed E-state index contributed by atoms with van der Waals surface area (Å²) in [5, 5.41) is 0. The Bertz CT molecular complexity index is 467. The van der Waals surface area contributed by atoms with Crippen molar-refractivity contribution < 1.29 is 46.5 Å². The van der Waals surface area contributed by atoms with Crippen LogP contribution in [0.1, 0.15) is 121 Å². The first kappa shape index (κ1) is 34.2. The third kappa shape index (κ3) is 12.9. The van der Waals surface area contributed by atoms with E-state index in [9.17, 15) is 0 Å². The smallest absolute Gasteiger partial charge is 1.00 e. The fourth-order valence-corrected chi connectivity index (χ4v) is 4.12. The van der Waals surface area contributed by atoms with Crippen molar-refractivity contribution in [2.24, 2.45) is 0 Å². The van der Waals surface area contributed by atoms with Gasteiger partial charge in [0, 0.05) is 0 Å².